The molecule has 0 spiro atoms. The zero-order chi connectivity index (χ0) is 21.6. The molecule has 0 saturated heterocycles. The van der Waals surface area contributed by atoms with E-state index in [1.807, 2.05) is 6.26 Å². The quantitative estimate of drug-likeness (QED) is 0.359. The number of carbonyl (C=O) groups excluding carboxylic acids is 3. The van der Waals surface area contributed by atoms with Gasteiger partial charge in [0.05, 0.1) is 6.04 Å². The molecular weight excluding hydrogens is 400 g/mol. The Morgan fingerprint density at radius 2 is 1.90 bits per heavy atom. The zero-order valence-corrected chi connectivity index (χ0v) is 17.7. The van der Waals surface area contributed by atoms with Gasteiger partial charge in [-0.25, -0.2) is 4.79 Å². The van der Waals surface area contributed by atoms with Crippen molar-refractivity contribution in [1.82, 2.24) is 4.90 Å². The van der Waals surface area contributed by atoms with Crippen LogP contribution in [0.2, 0.25) is 0 Å². The van der Waals surface area contributed by atoms with Gasteiger partial charge in [0.1, 0.15) is 6.04 Å². The van der Waals surface area contributed by atoms with Gasteiger partial charge in [0.2, 0.25) is 13.1 Å². The average molecular weight is 426 g/mol. The van der Waals surface area contributed by atoms with Crippen LogP contribution < -0.4 is 15.2 Å². The van der Waals surface area contributed by atoms with E-state index in [4.69, 9.17) is 24.7 Å². The van der Waals surface area contributed by atoms with E-state index in [-0.39, 0.29) is 12.6 Å². The lowest BCUT2D eigenvalue weighted by Gasteiger charge is -2.25. The number of carbonyl (C=O) groups is 3. The Bertz CT molecular complexity index is 758. The Morgan fingerprint density at radius 3 is 2.59 bits per heavy atom. The Hall–Kier alpha value is -2.46. The molecule has 1 heterocycles. The molecule has 0 fully saturated rings. The molecule has 1 amide bonds. The lowest BCUT2D eigenvalue weighted by atomic mass is 10.0. The molecule has 10 heteroatoms. The lowest BCUT2D eigenvalue weighted by molar-refractivity contribution is -0.167. The van der Waals surface area contributed by atoms with Crippen LogP contribution in [0, 0.1) is 0 Å². The maximum atomic E-state index is 12.7. The van der Waals surface area contributed by atoms with E-state index in [0.29, 0.717) is 29.2 Å². The van der Waals surface area contributed by atoms with Gasteiger partial charge in [-0.3, -0.25) is 9.59 Å². The van der Waals surface area contributed by atoms with Gasteiger partial charge in [0.15, 0.2) is 17.3 Å². The van der Waals surface area contributed by atoms with Crippen molar-refractivity contribution >= 4 is 29.6 Å². The number of hydrogen-bond donors (Lipinski definition) is 1. The van der Waals surface area contributed by atoms with Crippen molar-refractivity contribution in [2.75, 3.05) is 25.8 Å². The number of hydrogen-bond acceptors (Lipinski definition) is 9. The Labute approximate surface area is 173 Å². The highest BCUT2D eigenvalue weighted by molar-refractivity contribution is 7.98. The summed E-state index contributed by atoms with van der Waals surface area (Å²) in [6.07, 6.45) is 0.432. The van der Waals surface area contributed by atoms with E-state index in [0.717, 1.165) is 4.90 Å². The van der Waals surface area contributed by atoms with Crippen molar-refractivity contribution in [3.8, 4) is 11.5 Å². The third kappa shape index (κ3) is 6.01. The molecular formula is C19H26N2O7S. The summed E-state index contributed by atoms with van der Waals surface area (Å²) in [6, 6.07) is 3.22. The Morgan fingerprint density at radius 1 is 1.21 bits per heavy atom. The number of likely N-dealkylation sites (N-methyl/N-ethyl adjacent to an activating group) is 1. The highest BCUT2D eigenvalue weighted by Gasteiger charge is 2.28. The zero-order valence-electron chi connectivity index (χ0n) is 16.9. The molecule has 0 saturated carbocycles. The molecule has 3 atom stereocenters. The van der Waals surface area contributed by atoms with Gasteiger partial charge in [-0.15, -0.1) is 0 Å². The molecule has 3 unspecified atom stereocenters. The molecule has 0 aliphatic carbocycles. The first kappa shape index (κ1) is 22.8. The summed E-state index contributed by atoms with van der Waals surface area (Å²) in [7, 11) is 1.43. The van der Waals surface area contributed by atoms with Crippen LogP contribution in [0.15, 0.2) is 18.2 Å². The van der Waals surface area contributed by atoms with E-state index in [1.165, 1.54) is 14.0 Å². The number of ketones is 1. The Balaban J connectivity index is 1.89. The number of esters is 1. The van der Waals surface area contributed by atoms with Crippen LogP contribution in [0.3, 0.4) is 0 Å². The van der Waals surface area contributed by atoms with Crippen molar-refractivity contribution in [2.24, 2.45) is 5.73 Å². The van der Waals surface area contributed by atoms with Crippen LogP contribution in [0.5, 0.6) is 11.5 Å². The van der Waals surface area contributed by atoms with Gasteiger partial charge >= 0.3 is 12.1 Å². The summed E-state index contributed by atoms with van der Waals surface area (Å²) >= 11 is 1.56. The summed E-state index contributed by atoms with van der Waals surface area (Å²) in [5, 5.41) is 0. The van der Waals surface area contributed by atoms with E-state index in [2.05, 4.69) is 0 Å². The van der Waals surface area contributed by atoms with Crippen LogP contribution in [0.4, 0.5) is 4.79 Å². The van der Waals surface area contributed by atoms with Crippen LogP contribution in [0.25, 0.3) is 0 Å². The van der Waals surface area contributed by atoms with Crippen molar-refractivity contribution in [2.45, 2.75) is 38.6 Å². The number of nitrogens with zero attached hydrogens (tertiary/aromatic N) is 1. The number of benzene rings is 1. The highest BCUT2D eigenvalue weighted by Crippen LogP contribution is 2.33. The van der Waals surface area contributed by atoms with E-state index in [1.54, 1.807) is 36.9 Å². The van der Waals surface area contributed by atoms with Gasteiger partial charge in [-0.05, 0) is 43.6 Å². The average Bonchev–Trinajstić information content (AvgIpc) is 3.17. The molecule has 9 nitrogen and oxygen atoms in total. The number of rotatable bonds is 9. The first-order chi connectivity index (χ1) is 13.7. The van der Waals surface area contributed by atoms with Crippen molar-refractivity contribution in [1.29, 1.82) is 0 Å². The number of thioether (sulfide) groups is 1. The minimum atomic E-state index is -1.13. The SMILES string of the molecule is CSCCC(N)C(=O)OC(C)OC(=O)N(C)C(C)C(=O)c1ccc2c(c1)OCO2. The summed E-state index contributed by atoms with van der Waals surface area (Å²) in [5.74, 6) is 0.810. The van der Waals surface area contributed by atoms with E-state index < -0.39 is 30.4 Å². The van der Waals surface area contributed by atoms with Gasteiger partial charge in [-0.2, -0.15) is 11.8 Å². The van der Waals surface area contributed by atoms with E-state index >= 15 is 0 Å². The summed E-state index contributed by atoms with van der Waals surface area (Å²) in [6.45, 7) is 3.09. The van der Waals surface area contributed by atoms with Crippen molar-refractivity contribution in [3.63, 3.8) is 0 Å². The minimum Gasteiger partial charge on any atom is -0.454 e. The summed E-state index contributed by atoms with van der Waals surface area (Å²) in [4.78, 5) is 38.0. The fourth-order valence-corrected chi connectivity index (χ4v) is 2.98. The number of Topliss-reactive ketones (excluding diaryl/α,β-unsaturated/α-hetero) is 1. The van der Waals surface area contributed by atoms with Gasteiger partial charge in [-0.1, -0.05) is 0 Å². The third-order valence-corrected chi connectivity index (χ3v) is 5.03. The molecule has 160 valence electrons. The van der Waals surface area contributed by atoms with Crippen LogP contribution in [0.1, 0.15) is 30.6 Å². The molecule has 29 heavy (non-hydrogen) atoms. The molecule has 0 bridgehead atoms. The maximum Gasteiger partial charge on any atom is 0.413 e. The smallest absolute Gasteiger partial charge is 0.413 e. The standard InChI is InChI=1S/C19H26N2O7S/c1-11(17(22)13-5-6-15-16(9-13)26-10-25-15)21(3)19(24)28-12(2)27-18(23)14(20)7-8-29-4/h5-6,9,11-12,14H,7-8,10,20H2,1-4H3. The first-order valence-corrected chi connectivity index (χ1v) is 10.5. The van der Waals surface area contributed by atoms with Crippen molar-refractivity contribution in [3.05, 3.63) is 23.8 Å². The molecule has 1 aromatic carbocycles. The van der Waals surface area contributed by atoms with Gasteiger partial charge < -0.3 is 29.6 Å². The lowest BCUT2D eigenvalue weighted by Crippen LogP contribution is -2.43. The second-order valence-corrected chi connectivity index (χ2v) is 7.48. The second kappa shape index (κ2) is 10.4. The van der Waals surface area contributed by atoms with Gasteiger partial charge in [0, 0.05) is 19.5 Å². The maximum absolute atomic E-state index is 12.7. The number of fused-ring (bicyclic) bond motifs is 1. The highest BCUT2D eigenvalue weighted by atomic mass is 32.2. The Kier molecular flexibility index (Phi) is 8.15. The minimum absolute atomic E-state index is 0.103. The number of ether oxygens (including phenoxy) is 4. The molecule has 0 radical (unpaired) electrons. The fraction of sp³-hybridized carbons (Fsp3) is 0.526. The molecule has 2 rings (SSSR count). The third-order valence-electron chi connectivity index (χ3n) is 4.39. The first-order valence-electron chi connectivity index (χ1n) is 9.07. The topological polar surface area (TPSA) is 117 Å². The molecule has 2 N–H and O–H groups in total. The van der Waals surface area contributed by atoms with Gasteiger partial charge in [0.25, 0.3) is 0 Å². The fourth-order valence-electron chi connectivity index (χ4n) is 2.49. The largest absolute Gasteiger partial charge is 0.454 e. The van der Waals surface area contributed by atoms with E-state index in [9.17, 15) is 14.4 Å². The van der Waals surface area contributed by atoms with Crippen molar-refractivity contribution < 1.29 is 33.3 Å². The predicted molar refractivity (Wildman–Crippen MR) is 107 cm³/mol. The number of nitrogens with two attached hydrogens (primary N) is 1. The molecule has 1 aliphatic rings. The monoisotopic (exact) mass is 426 g/mol. The summed E-state index contributed by atoms with van der Waals surface area (Å²) in [5.41, 5.74) is 6.11. The molecule has 1 aromatic rings. The van der Waals surface area contributed by atoms with Crippen LogP contribution in [-0.4, -0.2) is 67.0 Å². The molecule has 1 aliphatic heterocycles. The van der Waals surface area contributed by atoms with Crippen LogP contribution in [-0.2, 0) is 14.3 Å². The number of amides is 1. The normalized spacial score (nSPS) is 15.2. The van der Waals surface area contributed by atoms with Crippen LogP contribution >= 0.6 is 11.8 Å². The second-order valence-electron chi connectivity index (χ2n) is 6.50. The predicted octanol–water partition coefficient (Wildman–Crippen LogP) is 2.02. The summed E-state index contributed by atoms with van der Waals surface area (Å²) < 4.78 is 20.6. The molecule has 0 aromatic heterocycles.